The van der Waals surface area contributed by atoms with Crippen molar-refractivity contribution in [2.75, 3.05) is 22.6 Å². The molecule has 0 saturated heterocycles. The third-order valence-corrected chi connectivity index (χ3v) is 3.51. The van der Waals surface area contributed by atoms with E-state index in [9.17, 15) is 19.2 Å². The van der Waals surface area contributed by atoms with Gasteiger partial charge < -0.3 is 15.8 Å². The molecule has 8 nitrogen and oxygen atoms in total. The lowest BCUT2D eigenvalue weighted by Crippen LogP contribution is -2.43. The van der Waals surface area contributed by atoms with Crippen molar-refractivity contribution in [2.24, 2.45) is 0 Å². The summed E-state index contributed by atoms with van der Waals surface area (Å²) in [5.74, 6) is -3.48. The second-order valence-electron chi connectivity index (χ2n) is 5.47. The zero-order valence-electron chi connectivity index (χ0n) is 14.9. The molecule has 140 valence electrons. The Balaban J connectivity index is 2.28. The summed E-state index contributed by atoms with van der Waals surface area (Å²) < 4.78 is 4.93. The number of nitrogen functional groups attached to an aromatic ring is 1. The van der Waals surface area contributed by atoms with Gasteiger partial charge in [0.2, 0.25) is 5.91 Å². The van der Waals surface area contributed by atoms with Crippen LogP contribution in [-0.2, 0) is 19.1 Å². The van der Waals surface area contributed by atoms with Crippen LogP contribution in [0, 0.1) is 0 Å². The van der Waals surface area contributed by atoms with Crippen molar-refractivity contribution in [1.29, 1.82) is 0 Å². The number of nitrogens with two attached hydrogens (primary N) is 1. The van der Waals surface area contributed by atoms with Crippen LogP contribution in [-0.4, -0.2) is 30.3 Å². The van der Waals surface area contributed by atoms with E-state index in [1.54, 1.807) is 31.2 Å². The smallest absolute Gasteiger partial charge is 0.340 e. The first-order chi connectivity index (χ1) is 12.8. The molecule has 0 heterocycles. The fourth-order valence-corrected chi connectivity index (χ4v) is 2.36. The second kappa shape index (κ2) is 8.61. The molecule has 0 saturated carbocycles. The molecule has 0 atom stereocenters. The average molecular weight is 369 g/mol. The van der Waals surface area contributed by atoms with Crippen molar-refractivity contribution >= 4 is 40.8 Å². The van der Waals surface area contributed by atoms with E-state index < -0.39 is 23.7 Å². The van der Waals surface area contributed by atoms with E-state index in [4.69, 9.17) is 10.5 Å². The van der Waals surface area contributed by atoms with Gasteiger partial charge in [-0.3, -0.25) is 14.4 Å². The minimum Gasteiger partial charge on any atom is -0.462 e. The van der Waals surface area contributed by atoms with Gasteiger partial charge in [0.1, 0.15) is 0 Å². The molecule has 0 radical (unpaired) electrons. The molecule has 0 bridgehead atoms. The number of ether oxygens (including phenoxy) is 1. The summed E-state index contributed by atoms with van der Waals surface area (Å²) in [7, 11) is 0. The van der Waals surface area contributed by atoms with Crippen LogP contribution in [0.25, 0.3) is 0 Å². The van der Waals surface area contributed by atoms with Crippen molar-refractivity contribution in [1.82, 2.24) is 0 Å². The molecule has 2 aromatic carbocycles. The van der Waals surface area contributed by atoms with Crippen LogP contribution < -0.4 is 16.0 Å². The minimum absolute atomic E-state index is 0.0961. The number of benzene rings is 2. The van der Waals surface area contributed by atoms with Gasteiger partial charge in [-0.1, -0.05) is 18.2 Å². The van der Waals surface area contributed by atoms with Crippen LogP contribution in [0.5, 0.6) is 0 Å². The number of nitrogens with zero attached hydrogens (tertiary/aromatic N) is 1. The number of nitrogens with one attached hydrogen (secondary N) is 1. The molecule has 27 heavy (non-hydrogen) atoms. The molecule has 0 aliphatic rings. The number of carbonyl (C=O) groups is 4. The van der Waals surface area contributed by atoms with Gasteiger partial charge in [0.25, 0.3) is 0 Å². The summed E-state index contributed by atoms with van der Waals surface area (Å²) in [6, 6.07) is 12.1. The molecule has 8 heteroatoms. The van der Waals surface area contributed by atoms with Gasteiger partial charge >= 0.3 is 17.8 Å². The molecule has 0 aromatic heterocycles. The normalized spacial score (nSPS) is 10.0. The summed E-state index contributed by atoms with van der Waals surface area (Å²) in [5, 5.41) is 2.35. The quantitative estimate of drug-likeness (QED) is 0.483. The maximum atomic E-state index is 12.5. The van der Waals surface area contributed by atoms with Crippen molar-refractivity contribution in [3.63, 3.8) is 0 Å². The molecule has 2 aromatic rings. The van der Waals surface area contributed by atoms with E-state index in [1.165, 1.54) is 24.3 Å². The number of anilines is 3. The van der Waals surface area contributed by atoms with Crippen LogP contribution in [0.2, 0.25) is 0 Å². The number of hydrogen-bond acceptors (Lipinski definition) is 6. The van der Waals surface area contributed by atoms with E-state index in [0.717, 1.165) is 6.92 Å². The molecule has 0 aliphatic carbocycles. The minimum atomic E-state index is -1.10. The number of hydrogen-bond donors (Lipinski definition) is 2. The third-order valence-electron chi connectivity index (χ3n) is 3.51. The number of rotatable bonds is 4. The highest BCUT2D eigenvalue weighted by molar-refractivity contribution is 6.48. The topological polar surface area (TPSA) is 119 Å². The number of amides is 3. The fraction of sp³-hybridized carbons (Fsp3) is 0.158. The van der Waals surface area contributed by atoms with E-state index in [1.807, 2.05) is 0 Å². The number of imide groups is 1. The Labute approximate surface area is 155 Å². The maximum Gasteiger partial charge on any atom is 0.340 e. The highest BCUT2D eigenvalue weighted by atomic mass is 16.5. The predicted molar refractivity (Wildman–Crippen MR) is 100 cm³/mol. The molecule has 0 spiro atoms. The summed E-state index contributed by atoms with van der Waals surface area (Å²) in [4.78, 5) is 49.6. The van der Waals surface area contributed by atoms with E-state index in [-0.39, 0.29) is 23.5 Å². The standard InChI is InChI=1S/C19H19N3O5/c1-3-27-19(26)15-9-4-5-10-16(15)21-17(24)18(25)22(12(2)23)14-8-6-7-13(20)11-14/h4-11H,3,20H2,1-2H3,(H,21,24). The van der Waals surface area contributed by atoms with Gasteiger partial charge in [-0.05, 0) is 37.3 Å². The SMILES string of the molecule is CCOC(=O)c1ccccc1NC(=O)C(=O)N(C(C)=O)c1cccc(N)c1. The van der Waals surface area contributed by atoms with E-state index >= 15 is 0 Å². The van der Waals surface area contributed by atoms with E-state index in [2.05, 4.69) is 5.32 Å². The highest BCUT2D eigenvalue weighted by Crippen LogP contribution is 2.20. The first-order valence-electron chi connectivity index (χ1n) is 8.12. The summed E-state index contributed by atoms with van der Waals surface area (Å²) in [6.07, 6.45) is 0. The monoisotopic (exact) mass is 369 g/mol. The third kappa shape index (κ3) is 4.69. The van der Waals surface area contributed by atoms with Gasteiger partial charge in [-0.2, -0.15) is 0 Å². The van der Waals surface area contributed by atoms with Gasteiger partial charge in [0.05, 0.1) is 23.5 Å². The highest BCUT2D eigenvalue weighted by Gasteiger charge is 2.28. The van der Waals surface area contributed by atoms with Gasteiger partial charge in [0, 0.05) is 12.6 Å². The molecule has 3 N–H and O–H groups in total. The van der Waals surface area contributed by atoms with Crippen LogP contribution in [0.3, 0.4) is 0 Å². The summed E-state index contributed by atoms with van der Waals surface area (Å²) >= 11 is 0. The average Bonchev–Trinajstić information content (AvgIpc) is 2.62. The number of para-hydroxylation sites is 1. The molecule has 0 unspecified atom stereocenters. The largest absolute Gasteiger partial charge is 0.462 e. The molecule has 0 fully saturated rings. The van der Waals surface area contributed by atoms with E-state index in [0.29, 0.717) is 10.6 Å². The zero-order valence-corrected chi connectivity index (χ0v) is 14.9. The van der Waals surface area contributed by atoms with Crippen molar-refractivity contribution in [3.05, 3.63) is 54.1 Å². The number of carbonyl (C=O) groups excluding carboxylic acids is 4. The Bertz CT molecular complexity index is 894. The Kier molecular flexibility index (Phi) is 6.27. The fourth-order valence-electron chi connectivity index (χ4n) is 2.36. The molecular weight excluding hydrogens is 350 g/mol. The van der Waals surface area contributed by atoms with Crippen molar-refractivity contribution in [3.8, 4) is 0 Å². The molecule has 3 amide bonds. The van der Waals surface area contributed by atoms with Crippen LogP contribution in [0.4, 0.5) is 17.1 Å². The number of esters is 1. The lowest BCUT2D eigenvalue weighted by atomic mass is 10.1. The van der Waals surface area contributed by atoms with Crippen LogP contribution in [0.15, 0.2) is 48.5 Å². The Morgan fingerprint density at radius 1 is 1.07 bits per heavy atom. The second-order valence-corrected chi connectivity index (χ2v) is 5.47. The Morgan fingerprint density at radius 2 is 1.78 bits per heavy atom. The summed E-state index contributed by atoms with van der Waals surface area (Å²) in [6.45, 7) is 2.97. The predicted octanol–water partition coefficient (Wildman–Crippen LogP) is 1.96. The maximum absolute atomic E-state index is 12.5. The zero-order chi connectivity index (χ0) is 20.0. The Hall–Kier alpha value is -3.68. The van der Waals surface area contributed by atoms with Gasteiger partial charge in [-0.15, -0.1) is 0 Å². The van der Waals surface area contributed by atoms with Crippen molar-refractivity contribution < 1.29 is 23.9 Å². The van der Waals surface area contributed by atoms with Crippen molar-refractivity contribution in [2.45, 2.75) is 13.8 Å². The van der Waals surface area contributed by atoms with Gasteiger partial charge in [0.15, 0.2) is 0 Å². The van der Waals surface area contributed by atoms with Crippen LogP contribution >= 0.6 is 0 Å². The molecule has 2 rings (SSSR count). The van der Waals surface area contributed by atoms with Gasteiger partial charge in [-0.25, -0.2) is 9.69 Å². The lowest BCUT2D eigenvalue weighted by Gasteiger charge is -2.19. The molecule has 0 aliphatic heterocycles. The Morgan fingerprint density at radius 3 is 2.41 bits per heavy atom. The molecular formula is C19H19N3O5. The summed E-state index contributed by atoms with van der Waals surface area (Å²) in [5.41, 5.74) is 6.38. The first kappa shape index (κ1) is 19.6. The first-order valence-corrected chi connectivity index (χ1v) is 8.12. The lowest BCUT2D eigenvalue weighted by molar-refractivity contribution is -0.136. The van der Waals surface area contributed by atoms with Crippen LogP contribution in [0.1, 0.15) is 24.2 Å².